The second kappa shape index (κ2) is 9.65. The van der Waals surface area contributed by atoms with Crippen LogP contribution in [0.5, 0.6) is 11.5 Å². The molecule has 0 fully saturated rings. The first kappa shape index (κ1) is 22.2. The Morgan fingerprint density at radius 3 is 2.50 bits per heavy atom. The van der Waals surface area contributed by atoms with E-state index in [0.717, 1.165) is 5.56 Å². The van der Waals surface area contributed by atoms with Gasteiger partial charge in [0.25, 0.3) is 0 Å². The molecule has 0 aromatic heterocycles. The molecule has 1 aliphatic rings. The number of esters is 1. The van der Waals surface area contributed by atoms with Crippen LogP contribution >= 0.6 is 34.8 Å². The van der Waals surface area contributed by atoms with E-state index in [-0.39, 0.29) is 18.2 Å². The first-order valence-corrected chi connectivity index (χ1v) is 10.6. The number of nitrogens with zero attached hydrogens (tertiary/aromatic N) is 1. The van der Waals surface area contributed by atoms with Gasteiger partial charge in [0.2, 0.25) is 5.90 Å². The third-order valence-corrected chi connectivity index (χ3v) is 5.45. The fourth-order valence-corrected chi connectivity index (χ4v) is 3.76. The minimum absolute atomic E-state index is 0.156. The predicted molar refractivity (Wildman–Crippen MR) is 126 cm³/mol. The highest BCUT2D eigenvalue weighted by Crippen LogP contribution is 2.38. The molecule has 0 atom stereocenters. The summed E-state index contributed by atoms with van der Waals surface area (Å²) in [5, 5.41) is 1.33. The molecule has 0 saturated heterocycles. The summed E-state index contributed by atoms with van der Waals surface area (Å²) in [5.74, 6) is 0.453. The van der Waals surface area contributed by atoms with Crippen molar-refractivity contribution in [3.05, 3.63) is 98.1 Å². The number of benzene rings is 3. The van der Waals surface area contributed by atoms with Crippen LogP contribution in [0.1, 0.15) is 16.7 Å². The van der Waals surface area contributed by atoms with Gasteiger partial charge in [-0.25, -0.2) is 9.79 Å². The standard InChI is InChI=1S/C24H16Cl3NO4/c1-30-21-11-14(10-20-24(29)32-23(28-20)15-5-3-2-4-6-15)9-19(27)22(21)31-13-16-7-8-17(25)12-18(16)26/h2-12H,13H2,1H3/b20-10+. The van der Waals surface area contributed by atoms with E-state index in [2.05, 4.69) is 4.99 Å². The van der Waals surface area contributed by atoms with E-state index in [0.29, 0.717) is 37.7 Å². The molecule has 0 saturated carbocycles. The Morgan fingerprint density at radius 1 is 1.00 bits per heavy atom. The summed E-state index contributed by atoms with van der Waals surface area (Å²) in [7, 11) is 1.50. The number of ether oxygens (including phenoxy) is 3. The summed E-state index contributed by atoms with van der Waals surface area (Å²) >= 11 is 18.6. The molecule has 8 heteroatoms. The van der Waals surface area contributed by atoms with Gasteiger partial charge in [-0.3, -0.25) is 0 Å². The van der Waals surface area contributed by atoms with Crippen molar-refractivity contribution in [2.75, 3.05) is 7.11 Å². The number of halogens is 3. The van der Waals surface area contributed by atoms with Gasteiger partial charge in [-0.1, -0.05) is 59.1 Å². The van der Waals surface area contributed by atoms with Crippen LogP contribution in [-0.2, 0) is 16.1 Å². The van der Waals surface area contributed by atoms with Gasteiger partial charge in [0, 0.05) is 21.2 Å². The molecule has 3 aromatic carbocycles. The molecule has 0 aliphatic carbocycles. The minimum Gasteiger partial charge on any atom is -0.493 e. The van der Waals surface area contributed by atoms with Crippen molar-refractivity contribution in [2.45, 2.75) is 6.61 Å². The average molecular weight is 489 g/mol. The summed E-state index contributed by atoms with van der Waals surface area (Å²) in [6.45, 7) is 0.170. The van der Waals surface area contributed by atoms with Gasteiger partial charge in [-0.15, -0.1) is 0 Å². The highest BCUT2D eigenvalue weighted by molar-refractivity contribution is 6.35. The van der Waals surface area contributed by atoms with Gasteiger partial charge in [-0.2, -0.15) is 0 Å². The minimum atomic E-state index is -0.545. The number of carbonyl (C=O) groups excluding carboxylic acids is 1. The molecule has 0 spiro atoms. The van der Waals surface area contributed by atoms with Gasteiger partial charge >= 0.3 is 5.97 Å². The summed E-state index contributed by atoms with van der Waals surface area (Å²) in [6.07, 6.45) is 1.58. The molecule has 0 radical (unpaired) electrons. The van der Waals surface area contributed by atoms with Crippen LogP contribution in [0.25, 0.3) is 6.08 Å². The predicted octanol–water partition coefficient (Wildman–Crippen LogP) is 6.58. The first-order chi connectivity index (χ1) is 15.4. The van der Waals surface area contributed by atoms with Crippen LogP contribution in [0.3, 0.4) is 0 Å². The molecule has 5 nitrogen and oxygen atoms in total. The largest absolute Gasteiger partial charge is 0.493 e. The second-order valence-corrected chi connectivity index (χ2v) is 8.01. The number of hydrogen-bond donors (Lipinski definition) is 0. The Bertz CT molecular complexity index is 1240. The van der Waals surface area contributed by atoms with Crippen molar-refractivity contribution < 1.29 is 19.0 Å². The third-order valence-electron chi connectivity index (χ3n) is 4.58. The van der Waals surface area contributed by atoms with Crippen molar-refractivity contribution in [3.8, 4) is 11.5 Å². The molecule has 4 rings (SSSR count). The molecular weight excluding hydrogens is 473 g/mol. The Morgan fingerprint density at radius 2 is 1.78 bits per heavy atom. The highest BCUT2D eigenvalue weighted by Gasteiger charge is 2.24. The van der Waals surface area contributed by atoms with E-state index in [1.165, 1.54) is 7.11 Å². The number of methoxy groups -OCH3 is 1. The number of rotatable bonds is 6. The lowest BCUT2D eigenvalue weighted by Gasteiger charge is -2.14. The lowest BCUT2D eigenvalue weighted by molar-refractivity contribution is -0.129. The van der Waals surface area contributed by atoms with Crippen molar-refractivity contribution in [1.82, 2.24) is 0 Å². The normalized spacial score (nSPS) is 14.3. The van der Waals surface area contributed by atoms with Gasteiger partial charge in [0.05, 0.1) is 12.1 Å². The maximum Gasteiger partial charge on any atom is 0.363 e. The fraction of sp³-hybridized carbons (Fsp3) is 0.0833. The fourth-order valence-electron chi connectivity index (χ4n) is 3.02. The lowest BCUT2D eigenvalue weighted by Crippen LogP contribution is -2.05. The molecule has 1 aliphatic heterocycles. The number of cyclic esters (lactones) is 1. The zero-order chi connectivity index (χ0) is 22.7. The molecule has 0 unspecified atom stereocenters. The topological polar surface area (TPSA) is 57.1 Å². The molecule has 162 valence electrons. The molecule has 0 amide bonds. The van der Waals surface area contributed by atoms with Crippen LogP contribution in [0, 0.1) is 0 Å². The number of aliphatic imine (C=N–C) groups is 1. The Hall–Kier alpha value is -2.99. The summed E-state index contributed by atoms with van der Waals surface area (Å²) < 4.78 is 16.6. The van der Waals surface area contributed by atoms with Crippen LogP contribution in [0.2, 0.25) is 15.1 Å². The third kappa shape index (κ3) is 4.91. The van der Waals surface area contributed by atoms with Gasteiger partial charge in [-0.05, 0) is 48.0 Å². The summed E-state index contributed by atoms with van der Waals surface area (Å²) in [4.78, 5) is 16.6. The smallest absolute Gasteiger partial charge is 0.363 e. The maximum absolute atomic E-state index is 12.3. The molecule has 0 bridgehead atoms. The average Bonchev–Trinajstić information content (AvgIpc) is 3.14. The van der Waals surface area contributed by atoms with E-state index in [9.17, 15) is 4.79 Å². The van der Waals surface area contributed by atoms with E-state index < -0.39 is 5.97 Å². The van der Waals surface area contributed by atoms with Gasteiger partial charge in [0.1, 0.15) is 6.61 Å². The highest BCUT2D eigenvalue weighted by atomic mass is 35.5. The molecule has 0 N–H and O–H groups in total. The van der Waals surface area contributed by atoms with Crippen molar-refractivity contribution >= 4 is 52.7 Å². The SMILES string of the molecule is COc1cc(/C=C2/N=C(c3ccccc3)OC2=O)cc(Cl)c1OCc1ccc(Cl)cc1Cl. The first-order valence-electron chi connectivity index (χ1n) is 9.47. The molecule has 1 heterocycles. The van der Waals surface area contributed by atoms with Gasteiger partial charge < -0.3 is 14.2 Å². The van der Waals surface area contributed by atoms with Crippen LogP contribution < -0.4 is 9.47 Å². The number of carbonyl (C=O) groups is 1. The Labute approximate surface area is 199 Å². The Kier molecular flexibility index (Phi) is 6.70. The number of hydrogen-bond acceptors (Lipinski definition) is 5. The molecule has 32 heavy (non-hydrogen) atoms. The molecular formula is C24H16Cl3NO4. The van der Waals surface area contributed by atoms with E-state index in [1.54, 1.807) is 36.4 Å². The monoisotopic (exact) mass is 487 g/mol. The summed E-state index contributed by atoms with van der Waals surface area (Å²) in [6, 6.07) is 17.7. The molecule has 3 aromatic rings. The van der Waals surface area contributed by atoms with E-state index in [1.807, 2.05) is 30.3 Å². The quantitative estimate of drug-likeness (QED) is 0.290. The summed E-state index contributed by atoms with van der Waals surface area (Å²) in [5.41, 5.74) is 2.22. The van der Waals surface area contributed by atoms with Gasteiger partial charge in [0.15, 0.2) is 17.2 Å². The second-order valence-electron chi connectivity index (χ2n) is 6.76. The van der Waals surface area contributed by atoms with Crippen molar-refractivity contribution in [1.29, 1.82) is 0 Å². The van der Waals surface area contributed by atoms with E-state index in [4.69, 9.17) is 49.0 Å². The maximum atomic E-state index is 12.3. The van der Waals surface area contributed by atoms with Crippen LogP contribution in [0.4, 0.5) is 0 Å². The zero-order valence-corrected chi connectivity index (χ0v) is 19.0. The van der Waals surface area contributed by atoms with E-state index >= 15 is 0 Å². The Balaban J connectivity index is 1.59. The van der Waals surface area contributed by atoms with Crippen molar-refractivity contribution in [3.63, 3.8) is 0 Å². The van der Waals surface area contributed by atoms with Crippen LogP contribution in [-0.4, -0.2) is 19.0 Å². The zero-order valence-electron chi connectivity index (χ0n) is 16.8. The lowest BCUT2D eigenvalue weighted by atomic mass is 10.1. The van der Waals surface area contributed by atoms with Crippen LogP contribution in [0.15, 0.2) is 71.4 Å². The van der Waals surface area contributed by atoms with Crippen molar-refractivity contribution in [2.24, 2.45) is 4.99 Å².